The van der Waals surface area contributed by atoms with Gasteiger partial charge in [0.1, 0.15) is 5.82 Å². The van der Waals surface area contributed by atoms with Gasteiger partial charge in [0.15, 0.2) is 0 Å². The van der Waals surface area contributed by atoms with Crippen molar-refractivity contribution in [1.82, 2.24) is 5.32 Å². The van der Waals surface area contributed by atoms with E-state index in [4.69, 9.17) is 16.3 Å². The molecule has 108 valence electrons. The van der Waals surface area contributed by atoms with Crippen molar-refractivity contribution in [3.8, 4) is 0 Å². The van der Waals surface area contributed by atoms with E-state index >= 15 is 0 Å². The maximum atomic E-state index is 13.5. The van der Waals surface area contributed by atoms with Crippen molar-refractivity contribution >= 4 is 11.6 Å². The average Bonchev–Trinajstić information content (AvgIpc) is 2.38. The van der Waals surface area contributed by atoms with Crippen molar-refractivity contribution in [3.63, 3.8) is 0 Å². The van der Waals surface area contributed by atoms with Crippen LogP contribution < -0.4 is 5.32 Å². The Hall–Kier alpha value is -0.640. The fraction of sp³-hybridized carbons (Fsp3) is 0.600. The summed E-state index contributed by atoms with van der Waals surface area (Å²) in [5.41, 5.74) is 0.628. The van der Waals surface area contributed by atoms with Crippen LogP contribution in [-0.4, -0.2) is 19.3 Å². The van der Waals surface area contributed by atoms with Gasteiger partial charge in [-0.25, -0.2) is 4.39 Å². The average molecular weight is 288 g/mol. The standard InChI is InChI=1S/C15H23ClFNO/c1-5-18-13(9-10-15(2,3)19-4)11-7-6-8-12(17)14(11)16/h6-8,13,18H,5,9-10H2,1-4H3. The highest BCUT2D eigenvalue weighted by molar-refractivity contribution is 6.31. The van der Waals surface area contributed by atoms with E-state index in [-0.39, 0.29) is 22.5 Å². The van der Waals surface area contributed by atoms with Gasteiger partial charge in [0.05, 0.1) is 10.6 Å². The van der Waals surface area contributed by atoms with Crippen molar-refractivity contribution in [3.05, 3.63) is 34.6 Å². The first-order chi connectivity index (χ1) is 8.91. The maximum Gasteiger partial charge on any atom is 0.142 e. The van der Waals surface area contributed by atoms with Gasteiger partial charge in [-0.15, -0.1) is 0 Å². The van der Waals surface area contributed by atoms with Gasteiger partial charge in [-0.05, 0) is 44.9 Å². The number of benzene rings is 1. The topological polar surface area (TPSA) is 21.3 Å². The fourth-order valence-corrected chi connectivity index (χ4v) is 2.26. The van der Waals surface area contributed by atoms with E-state index in [0.29, 0.717) is 0 Å². The second kappa shape index (κ2) is 7.22. The van der Waals surface area contributed by atoms with Crippen LogP contribution in [0.5, 0.6) is 0 Å². The van der Waals surface area contributed by atoms with E-state index in [9.17, 15) is 4.39 Å². The Morgan fingerprint density at radius 2 is 2.11 bits per heavy atom. The largest absolute Gasteiger partial charge is 0.379 e. The summed E-state index contributed by atoms with van der Waals surface area (Å²) < 4.78 is 19.0. The fourth-order valence-electron chi connectivity index (χ4n) is 2.00. The minimum atomic E-state index is -0.368. The zero-order valence-electron chi connectivity index (χ0n) is 12.1. The van der Waals surface area contributed by atoms with Crippen molar-refractivity contribution in [2.75, 3.05) is 13.7 Å². The molecule has 0 amide bonds. The number of rotatable bonds is 7. The molecular formula is C15H23ClFNO. The Kier molecular flexibility index (Phi) is 6.24. The summed E-state index contributed by atoms with van der Waals surface area (Å²) in [6, 6.07) is 5.00. The van der Waals surface area contributed by atoms with Crippen molar-refractivity contribution in [2.24, 2.45) is 0 Å². The third-order valence-corrected chi connectivity index (χ3v) is 3.79. The molecule has 0 saturated carbocycles. The predicted octanol–water partition coefficient (Wildman–Crippen LogP) is 4.33. The molecule has 19 heavy (non-hydrogen) atoms. The Morgan fingerprint density at radius 3 is 2.68 bits per heavy atom. The third kappa shape index (κ3) is 4.75. The molecule has 0 bridgehead atoms. The summed E-state index contributed by atoms with van der Waals surface area (Å²) >= 11 is 6.06. The van der Waals surface area contributed by atoms with Gasteiger partial charge >= 0.3 is 0 Å². The van der Waals surface area contributed by atoms with E-state index in [1.807, 2.05) is 26.8 Å². The normalized spacial score (nSPS) is 13.6. The lowest BCUT2D eigenvalue weighted by molar-refractivity contribution is 0.0117. The molecule has 0 spiro atoms. The van der Waals surface area contributed by atoms with E-state index in [0.717, 1.165) is 24.9 Å². The molecule has 0 aromatic heterocycles. The Balaban J connectivity index is 2.85. The molecule has 0 aliphatic rings. The van der Waals surface area contributed by atoms with Crippen LogP contribution in [0.3, 0.4) is 0 Å². The molecule has 1 N–H and O–H groups in total. The number of nitrogens with one attached hydrogen (secondary N) is 1. The van der Waals surface area contributed by atoms with Gasteiger partial charge in [0, 0.05) is 13.2 Å². The summed E-state index contributed by atoms with van der Waals surface area (Å²) in [6.45, 7) is 6.93. The van der Waals surface area contributed by atoms with E-state index in [1.165, 1.54) is 6.07 Å². The van der Waals surface area contributed by atoms with Gasteiger partial charge in [-0.3, -0.25) is 0 Å². The Morgan fingerprint density at radius 1 is 1.42 bits per heavy atom. The second-order valence-electron chi connectivity index (χ2n) is 5.26. The minimum Gasteiger partial charge on any atom is -0.379 e. The number of halogens is 2. The summed E-state index contributed by atoms with van der Waals surface area (Å²) in [5, 5.41) is 3.57. The molecule has 2 nitrogen and oxygen atoms in total. The first kappa shape index (κ1) is 16.4. The number of methoxy groups -OCH3 is 1. The molecule has 1 unspecified atom stereocenters. The molecule has 0 heterocycles. The summed E-state index contributed by atoms with van der Waals surface area (Å²) in [5.74, 6) is -0.368. The zero-order chi connectivity index (χ0) is 14.5. The smallest absolute Gasteiger partial charge is 0.142 e. The molecule has 1 aromatic rings. The molecule has 1 atom stereocenters. The lowest BCUT2D eigenvalue weighted by Crippen LogP contribution is -2.27. The van der Waals surface area contributed by atoms with E-state index < -0.39 is 0 Å². The molecule has 0 aliphatic heterocycles. The van der Waals surface area contributed by atoms with Gasteiger partial charge in [-0.1, -0.05) is 30.7 Å². The first-order valence-corrected chi connectivity index (χ1v) is 7.01. The molecule has 0 aliphatic carbocycles. The molecule has 0 saturated heterocycles. The number of hydrogen-bond donors (Lipinski definition) is 1. The molecule has 0 radical (unpaired) electrons. The monoisotopic (exact) mass is 287 g/mol. The Labute approximate surface area is 120 Å². The first-order valence-electron chi connectivity index (χ1n) is 6.63. The van der Waals surface area contributed by atoms with Gasteiger partial charge in [0.2, 0.25) is 0 Å². The highest BCUT2D eigenvalue weighted by atomic mass is 35.5. The van der Waals surface area contributed by atoms with Gasteiger partial charge in [0.25, 0.3) is 0 Å². The minimum absolute atomic E-state index is 0.0441. The number of hydrogen-bond acceptors (Lipinski definition) is 2. The summed E-state index contributed by atoms with van der Waals surface area (Å²) in [4.78, 5) is 0. The van der Waals surface area contributed by atoms with Crippen LogP contribution >= 0.6 is 11.6 Å². The maximum absolute atomic E-state index is 13.5. The van der Waals surface area contributed by atoms with Crippen LogP contribution in [0.25, 0.3) is 0 Å². The van der Waals surface area contributed by atoms with Crippen LogP contribution in [0.4, 0.5) is 4.39 Å². The van der Waals surface area contributed by atoms with E-state index in [2.05, 4.69) is 5.32 Å². The van der Waals surface area contributed by atoms with Crippen molar-refractivity contribution in [1.29, 1.82) is 0 Å². The summed E-state index contributed by atoms with van der Waals surface area (Å²) in [6.07, 6.45) is 1.71. The van der Waals surface area contributed by atoms with Crippen LogP contribution in [-0.2, 0) is 4.74 Å². The predicted molar refractivity (Wildman–Crippen MR) is 78.1 cm³/mol. The van der Waals surface area contributed by atoms with Crippen LogP contribution in [0.2, 0.25) is 5.02 Å². The third-order valence-electron chi connectivity index (χ3n) is 3.40. The lowest BCUT2D eigenvalue weighted by atomic mass is 9.94. The van der Waals surface area contributed by atoms with Crippen LogP contribution in [0, 0.1) is 5.82 Å². The van der Waals surface area contributed by atoms with Crippen LogP contribution in [0.1, 0.15) is 45.2 Å². The highest BCUT2D eigenvalue weighted by Gasteiger charge is 2.21. The summed E-state index contributed by atoms with van der Waals surface area (Å²) in [7, 11) is 1.71. The molecule has 0 fully saturated rings. The van der Waals surface area contributed by atoms with Gasteiger partial charge < -0.3 is 10.1 Å². The van der Waals surface area contributed by atoms with Crippen molar-refractivity contribution in [2.45, 2.75) is 45.3 Å². The number of ether oxygens (including phenoxy) is 1. The lowest BCUT2D eigenvalue weighted by Gasteiger charge is -2.27. The van der Waals surface area contributed by atoms with Gasteiger partial charge in [-0.2, -0.15) is 0 Å². The van der Waals surface area contributed by atoms with E-state index in [1.54, 1.807) is 13.2 Å². The second-order valence-corrected chi connectivity index (χ2v) is 5.63. The zero-order valence-corrected chi connectivity index (χ0v) is 12.9. The Bertz CT molecular complexity index is 409. The van der Waals surface area contributed by atoms with Crippen molar-refractivity contribution < 1.29 is 9.13 Å². The molecular weight excluding hydrogens is 265 g/mol. The SMILES string of the molecule is CCNC(CCC(C)(C)OC)c1cccc(F)c1Cl. The quantitative estimate of drug-likeness (QED) is 0.806. The molecule has 4 heteroatoms. The molecule has 1 rings (SSSR count). The van der Waals surface area contributed by atoms with Crippen LogP contribution in [0.15, 0.2) is 18.2 Å². The molecule has 1 aromatic carbocycles. The highest BCUT2D eigenvalue weighted by Crippen LogP contribution is 2.30.